The molecule has 1 aromatic carbocycles. The minimum atomic E-state index is -1.12. The lowest BCUT2D eigenvalue weighted by Gasteiger charge is -2.06. The van der Waals surface area contributed by atoms with Crippen LogP contribution < -0.4 is 5.32 Å². The summed E-state index contributed by atoms with van der Waals surface area (Å²) in [6.45, 7) is 1.74. The van der Waals surface area contributed by atoms with Crippen LogP contribution in [0, 0.1) is 6.92 Å². The second kappa shape index (κ2) is 5.16. The quantitative estimate of drug-likeness (QED) is 0.904. The summed E-state index contributed by atoms with van der Waals surface area (Å²) in [4.78, 5) is 22.8. The Labute approximate surface area is 113 Å². The van der Waals surface area contributed by atoms with E-state index in [0.717, 1.165) is 0 Å². The highest BCUT2D eigenvalue weighted by Gasteiger charge is 2.14. The van der Waals surface area contributed by atoms with Crippen molar-refractivity contribution in [3.63, 3.8) is 0 Å². The van der Waals surface area contributed by atoms with Crippen molar-refractivity contribution in [1.82, 2.24) is 0 Å². The van der Waals surface area contributed by atoms with Crippen molar-refractivity contribution in [1.29, 1.82) is 0 Å². The van der Waals surface area contributed by atoms with Crippen LogP contribution in [0.25, 0.3) is 0 Å². The van der Waals surface area contributed by atoms with Crippen LogP contribution >= 0.6 is 11.6 Å². The molecular formula is C13H10ClNO4. The van der Waals surface area contributed by atoms with Crippen molar-refractivity contribution >= 4 is 29.2 Å². The van der Waals surface area contributed by atoms with Gasteiger partial charge in [0.05, 0.1) is 11.8 Å². The smallest absolute Gasteiger partial charge is 0.335 e. The van der Waals surface area contributed by atoms with Gasteiger partial charge < -0.3 is 14.8 Å². The molecule has 2 aromatic rings. The molecule has 0 spiro atoms. The van der Waals surface area contributed by atoms with Crippen molar-refractivity contribution in [2.24, 2.45) is 0 Å². The van der Waals surface area contributed by atoms with E-state index in [1.807, 2.05) is 0 Å². The minimum absolute atomic E-state index is 0.000957. The molecule has 0 aliphatic heterocycles. The molecule has 5 nitrogen and oxygen atoms in total. The maximum atomic E-state index is 11.9. The van der Waals surface area contributed by atoms with Crippen molar-refractivity contribution in [2.75, 3.05) is 5.32 Å². The van der Waals surface area contributed by atoms with Gasteiger partial charge in [-0.1, -0.05) is 11.6 Å². The Kier molecular flexibility index (Phi) is 3.57. The standard InChI is InChI=1S/C13H10ClNO4/c1-7-2-3-19-11(7)12(16)15-10-5-8(13(17)18)4-9(14)6-10/h2-6H,1H3,(H,15,16)(H,17,18). The Bertz CT molecular complexity index is 648. The number of rotatable bonds is 3. The number of carboxylic acid groups (broad SMARTS) is 1. The predicted octanol–water partition coefficient (Wildman–Crippen LogP) is 3.19. The third-order valence-corrected chi connectivity index (χ3v) is 2.69. The molecule has 0 saturated heterocycles. The summed E-state index contributed by atoms with van der Waals surface area (Å²) in [6, 6.07) is 5.75. The van der Waals surface area contributed by atoms with E-state index in [1.54, 1.807) is 13.0 Å². The topological polar surface area (TPSA) is 79.5 Å². The summed E-state index contributed by atoms with van der Waals surface area (Å²) in [5.74, 6) is -1.40. The van der Waals surface area contributed by atoms with Gasteiger partial charge in [0.2, 0.25) is 0 Å². The van der Waals surface area contributed by atoms with Gasteiger partial charge >= 0.3 is 5.97 Å². The molecule has 0 saturated carbocycles. The number of carbonyl (C=O) groups excluding carboxylic acids is 1. The Morgan fingerprint density at radius 1 is 1.32 bits per heavy atom. The molecule has 98 valence electrons. The molecular weight excluding hydrogens is 270 g/mol. The van der Waals surface area contributed by atoms with Gasteiger partial charge in [-0.15, -0.1) is 0 Å². The number of furan rings is 1. The second-order valence-corrected chi connectivity index (χ2v) is 4.36. The van der Waals surface area contributed by atoms with E-state index in [2.05, 4.69) is 5.32 Å². The lowest BCUT2D eigenvalue weighted by atomic mass is 10.2. The Balaban J connectivity index is 2.26. The molecule has 1 heterocycles. The molecule has 1 amide bonds. The largest absolute Gasteiger partial charge is 0.478 e. The molecule has 0 fully saturated rings. The van der Waals surface area contributed by atoms with Gasteiger partial charge in [-0.05, 0) is 31.2 Å². The van der Waals surface area contributed by atoms with Crippen molar-refractivity contribution in [3.8, 4) is 0 Å². The van der Waals surface area contributed by atoms with Gasteiger partial charge in [0.25, 0.3) is 5.91 Å². The molecule has 1 aromatic heterocycles. The first kappa shape index (κ1) is 13.2. The summed E-state index contributed by atoms with van der Waals surface area (Å²) < 4.78 is 5.04. The number of hydrogen-bond acceptors (Lipinski definition) is 3. The molecule has 0 bridgehead atoms. The predicted molar refractivity (Wildman–Crippen MR) is 69.8 cm³/mol. The normalized spacial score (nSPS) is 10.2. The van der Waals surface area contributed by atoms with E-state index in [9.17, 15) is 9.59 Å². The number of aromatic carboxylic acids is 1. The molecule has 19 heavy (non-hydrogen) atoms. The minimum Gasteiger partial charge on any atom is -0.478 e. The van der Waals surface area contributed by atoms with Crippen molar-refractivity contribution in [2.45, 2.75) is 6.92 Å². The van der Waals surface area contributed by atoms with E-state index in [-0.39, 0.29) is 16.3 Å². The summed E-state index contributed by atoms with van der Waals surface area (Å²) >= 11 is 5.80. The number of carbonyl (C=O) groups is 2. The second-order valence-electron chi connectivity index (χ2n) is 3.92. The first-order valence-electron chi connectivity index (χ1n) is 5.36. The lowest BCUT2D eigenvalue weighted by Crippen LogP contribution is -2.12. The van der Waals surface area contributed by atoms with Crippen LogP contribution in [0.5, 0.6) is 0 Å². The molecule has 0 aliphatic carbocycles. The zero-order valence-electron chi connectivity index (χ0n) is 9.94. The third kappa shape index (κ3) is 2.95. The Hall–Kier alpha value is -2.27. The third-order valence-electron chi connectivity index (χ3n) is 2.47. The lowest BCUT2D eigenvalue weighted by molar-refractivity contribution is 0.0696. The molecule has 0 radical (unpaired) electrons. The summed E-state index contributed by atoms with van der Waals surface area (Å²) in [6.07, 6.45) is 1.41. The molecule has 2 N–H and O–H groups in total. The van der Waals surface area contributed by atoms with Gasteiger partial charge in [0.1, 0.15) is 0 Å². The summed E-state index contributed by atoms with van der Waals surface area (Å²) in [5, 5.41) is 11.7. The fourth-order valence-electron chi connectivity index (χ4n) is 1.58. The van der Waals surface area contributed by atoms with E-state index in [0.29, 0.717) is 11.3 Å². The fraction of sp³-hybridized carbons (Fsp3) is 0.0769. The van der Waals surface area contributed by atoms with Gasteiger partial charge in [0.15, 0.2) is 5.76 Å². The van der Waals surface area contributed by atoms with E-state index in [1.165, 1.54) is 24.5 Å². The van der Waals surface area contributed by atoms with Crippen molar-refractivity contribution < 1.29 is 19.1 Å². The first-order valence-corrected chi connectivity index (χ1v) is 5.74. The van der Waals surface area contributed by atoms with Gasteiger partial charge in [-0.25, -0.2) is 4.79 Å². The monoisotopic (exact) mass is 279 g/mol. The van der Waals surface area contributed by atoms with E-state index < -0.39 is 11.9 Å². The fourth-order valence-corrected chi connectivity index (χ4v) is 1.81. The van der Waals surface area contributed by atoms with Crippen LogP contribution in [0.2, 0.25) is 5.02 Å². The molecule has 0 atom stereocenters. The molecule has 6 heteroatoms. The highest BCUT2D eigenvalue weighted by atomic mass is 35.5. The number of aryl methyl sites for hydroxylation is 1. The van der Waals surface area contributed by atoms with Gasteiger partial charge in [0, 0.05) is 16.3 Å². The number of nitrogens with one attached hydrogen (secondary N) is 1. The van der Waals surface area contributed by atoms with Crippen LogP contribution in [-0.4, -0.2) is 17.0 Å². The van der Waals surface area contributed by atoms with Crippen LogP contribution in [0.3, 0.4) is 0 Å². The van der Waals surface area contributed by atoms with Crippen LogP contribution in [0.1, 0.15) is 26.5 Å². The summed E-state index contributed by atoms with van der Waals surface area (Å²) in [5.41, 5.74) is 0.989. The molecule has 0 unspecified atom stereocenters. The molecule has 2 rings (SSSR count). The average molecular weight is 280 g/mol. The number of amides is 1. The van der Waals surface area contributed by atoms with E-state index >= 15 is 0 Å². The average Bonchev–Trinajstić information content (AvgIpc) is 2.74. The maximum absolute atomic E-state index is 11.9. The van der Waals surface area contributed by atoms with E-state index in [4.69, 9.17) is 21.1 Å². The Morgan fingerprint density at radius 2 is 2.05 bits per heavy atom. The van der Waals surface area contributed by atoms with Crippen LogP contribution in [0.4, 0.5) is 5.69 Å². The number of benzene rings is 1. The number of hydrogen-bond donors (Lipinski definition) is 2. The Morgan fingerprint density at radius 3 is 2.63 bits per heavy atom. The zero-order chi connectivity index (χ0) is 14.0. The van der Waals surface area contributed by atoms with Crippen molar-refractivity contribution in [3.05, 3.63) is 52.4 Å². The number of anilines is 1. The van der Waals surface area contributed by atoms with Crippen LogP contribution in [0.15, 0.2) is 34.9 Å². The zero-order valence-corrected chi connectivity index (χ0v) is 10.7. The highest BCUT2D eigenvalue weighted by Crippen LogP contribution is 2.20. The maximum Gasteiger partial charge on any atom is 0.335 e. The molecule has 0 aliphatic rings. The number of carboxylic acids is 1. The number of halogens is 1. The highest BCUT2D eigenvalue weighted by molar-refractivity contribution is 6.31. The first-order chi connectivity index (χ1) is 8.97. The van der Waals surface area contributed by atoms with Crippen LogP contribution in [-0.2, 0) is 0 Å². The van der Waals surface area contributed by atoms with Gasteiger partial charge in [-0.3, -0.25) is 4.79 Å². The van der Waals surface area contributed by atoms with Gasteiger partial charge in [-0.2, -0.15) is 0 Å². The SMILES string of the molecule is Cc1ccoc1C(=O)Nc1cc(Cl)cc(C(=O)O)c1. The summed E-state index contributed by atoms with van der Waals surface area (Å²) in [7, 11) is 0.